The molecule has 0 spiro atoms. The first-order chi connectivity index (χ1) is 23.8. The van der Waals surface area contributed by atoms with Crippen LogP contribution >= 0.6 is 0 Å². The van der Waals surface area contributed by atoms with E-state index in [2.05, 4.69) is 115 Å². The molecule has 0 fully saturated rings. The van der Waals surface area contributed by atoms with Gasteiger partial charge in [0.15, 0.2) is 0 Å². The summed E-state index contributed by atoms with van der Waals surface area (Å²) in [7, 11) is 0. The third-order valence-electron chi connectivity index (χ3n) is 9.91. The molecule has 11 aromatic rings. The zero-order valence-corrected chi connectivity index (χ0v) is 25.6. The maximum absolute atomic E-state index is 6.65. The van der Waals surface area contributed by atoms with Crippen molar-refractivity contribution in [2.45, 2.75) is 0 Å². The Morgan fingerprint density at radius 3 is 1.44 bits per heavy atom. The first kappa shape index (κ1) is 25.6. The lowest BCUT2D eigenvalue weighted by atomic mass is 9.91. The summed E-state index contributed by atoms with van der Waals surface area (Å²) in [6.07, 6.45) is 1.92. The lowest BCUT2D eigenvalue weighted by Gasteiger charge is -2.14. The molecule has 11 rings (SSSR count). The summed E-state index contributed by atoms with van der Waals surface area (Å²) >= 11 is 0. The minimum absolute atomic E-state index is 0.824. The van der Waals surface area contributed by atoms with Gasteiger partial charge in [-0.15, -0.1) is 0 Å². The first-order valence-corrected chi connectivity index (χ1v) is 16.2. The van der Waals surface area contributed by atoms with Gasteiger partial charge in [-0.1, -0.05) is 121 Å². The molecule has 0 saturated carbocycles. The number of hydrogen-bond acceptors (Lipinski definition) is 4. The van der Waals surface area contributed by atoms with E-state index in [-0.39, 0.29) is 0 Å². The molecule has 48 heavy (non-hydrogen) atoms. The van der Waals surface area contributed by atoms with E-state index in [9.17, 15) is 0 Å². The molecule has 3 aromatic heterocycles. The Balaban J connectivity index is 1.22. The number of aromatic nitrogens is 2. The van der Waals surface area contributed by atoms with Gasteiger partial charge in [0.2, 0.25) is 0 Å². The monoisotopic (exact) mass is 612 g/mol. The molecular formula is C44H24N2O2. The molecule has 0 unspecified atom stereocenters. The van der Waals surface area contributed by atoms with Crippen molar-refractivity contribution in [3.05, 3.63) is 146 Å². The summed E-state index contributed by atoms with van der Waals surface area (Å²) < 4.78 is 13.3. The predicted octanol–water partition coefficient (Wildman–Crippen LogP) is 12.2. The van der Waals surface area contributed by atoms with Crippen molar-refractivity contribution in [1.29, 1.82) is 0 Å². The number of nitrogens with zero attached hydrogens (tertiary/aromatic N) is 2. The van der Waals surface area contributed by atoms with Crippen molar-refractivity contribution >= 4 is 87.2 Å². The minimum Gasteiger partial charge on any atom is -0.455 e. The fourth-order valence-corrected chi connectivity index (χ4v) is 7.77. The first-order valence-electron chi connectivity index (χ1n) is 16.2. The van der Waals surface area contributed by atoms with Crippen molar-refractivity contribution in [3.63, 3.8) is 0 Å². The average molecular weight is 613 g/mol. The van der Waals surface area contributed by atoms with Crippen LogP contribution in [-0.2, 0) is 0 Å². The van der Waals surface area contributed by atoms with Gasteiger partial charge in [0, 0.05) is 37.9 Å². The van der Waals surface area contributed by atoms with Crippen LogP contribution in [0.15, 0.2) is 155 Å². The second-order valence-corrected chi connectivity index (χ2v) is 12.5. The molecule has 0 aliphatic carbocycles. The molecule has 4 nitrogen and oxygen atoms in total. The Kier molecular flexibility index (Phi) is 5.08. The summed E-state index contributed by atoms with van der Waals surface area (Å²) in [5.74, 6) is 0. The van der Waals surface area contributed by atoms with E-state index in [4.69, 9.17) is 18.8 Å². The summed E-state index contributed by atoms with van der Waals surface area (Å²) in [6.45, 7) is 0. The Morgan fingerprint density at radius 2 is 0.833 bits per heavy atom. The largest absolute Gasteiger partial charge is 0.455 e. The second kappa shape index (κ2) is 9.50. The molecule has 0 atom stereocenters. The fraction of sp³-hybridized carbons (Fsp3) is 0. The highest BCUT2D eigenvalue weighted by molar-refractivity contribution is 6.25. The van der Waals surface area contributed by atoms with Gasteiger partial charge in [-0.05, 0) is 45.3 Å². The highest BCUT2D eigenvalue weighted by atomic mass is 16.3. The zero-order valence-electron chi connectivity index (χ0n) is 25.6. The second-order valence-electron chi connectivity index (χ2n) is 12.5. The van der Waals surface area contributed by atoms with Gasteiger partial charge in [-0.3, -0.25) is 4.98 Å². The number of rotatable bonds is 2. The quantitative estimate of drug-likeness (QED) is 0.182. The summed E-state index contributed by atoms with van der Waals surface area (Å²) in [6, 6.07) is 48.6. The molecule has 3 heterocycles. The van der Waals surface area contributed by atoms with Crippen LogP contribution in [-0.4, -0.2) is 9.97 Å². The highest BCUT2D eigenvalue weighted by Crippen LogP contribution is 2.47. The molecule has 0 aliphatic rings. The maximum atomic E-state index is 6.65. The Labute approximate surface area is 273 Å². The van der Waals surface area contributed by atoms with Gasteiger partial charge >= 0.3 is 0 Å². The van der Waals surface area contributed by atoms with Crippen LogP contribution in [0.5, 0.6) is 0 Å². The van der Waals surface area contributed by atoms with Crippen LogP contribution in [0.3, 0.4) is 0 Å². The van der Waals surface area contributed by atoms with Crippen molar-refractivity contribution in [2.75, 3.05) is 0 Å². The molecule has 4 heteroatoms. The van der Waals surface area contributed by atoms with Crippen molar-refractivity contribution < 1.29 is 8.83 Å². The Morgan fingerprint density at radius 1 is 0.375 bits per heavy atom. The van der Waals surface area contributed by atoms with E-state index in [1.165, 1.54) is 10.8 Å². The summed E-state index contributed by atoms with van der Waals surface area (Å²) in [5.41, 5.74) is 9.06. The van der Waals surface area contributed by atoms with Gasteiger partial charge in [0.1, 0.15) is 22.3 Å². The topological polar surface area (TPSA) is 52.1 Å². The van der Waals surface area contributed by atoms with E-state index in [1.54, 1.807) is 0 Å². The molecule has 0 radical (unpaired) electrons. The van der Waals surface area contributed by atoms with Crippen LogP contribution < -0.4 is 0 Å². The number of benzene rings is 8. The normalized spacial score (nSPS) is 12.2. The number of para-hydroxylation sites is 2. The molecule has 0 bridgehead atoms. The van der Waals surface area contributed by atoms with Crippen LogP contribution in [0.25, 0.3) is 110 Å². The SMILES string of the molecule is c1ccc2c(c1)oc1c(-c3ccc(-c4cnc5c6ccccc6c6ccccc6c5n4)c4ccccc34)c3oc4ccccc4c3cc12. The van der Waals surface area contributed by atoms with Crippen LogP contribution in [0.4, 0.5) is 0 Å². The number of hydrogen-bond donors (Lipinski definition) is 0. The molecule has 0 amide bonds. The number of furan rings is 2. The molecule has 0 N–H and O–H groups in total. The Hall–Kier alpha value is -6.52. The van der Waals surface area contributed by atoms with Crippen LogP contribution in [0.1, 0.15) is 0 Å². The van der Waals surface area contributed by atoms with E-state index in [0.717, 1.165) is 98.8 Å². The van der Waals surface area contributed by atoms with Crippen LogP contribution in [0, 0.1) is 0 Å². The zero-order chi connectivity index (χ0) is 31.3. The number of fused-ring (bicyclic) bond motifs is 13. The lowest BCUT2D eigenvalue weighted by Crippen LogP contribution is -1.93. The van der Waals surface area contributed by atoms with E-state index in [1.807, 2.05) is 30.5 Å². The summed E-state index contributed by atoms with van der Waals surface area (Å²) in [4.78, 5) is 10.4. The van der Waals surface area contributed by atoms with Gasteiger partial charge in [0.05, 0.1) is 28.5 Å². The van der Waals surface area contributed by atoms with E-state index >= 15 is 0 Å². The fourth-order valence-electron chi connectivity index (χ4n) is 7.77. The molecular weight excluding hydrogens is 588 g/mol. The van der Waals surface area contributed by atoms with E-state index in [0.29, 0.717) is 0 Å². The van der Waals surface area contributed by atoms with Crippen molar-refractivity contribution in [3.8, 4) is 22.4 Å². The summed E-state index contributed by atoms with van der Waals surface area (Å²) in [5, 5.41) is 11.1. The molecule has 0 saturated heterocycles. The maximum Gasteiger partial charge on any atom is 0.147 e. The van der Waals surface area contributed by atoms with Gasteiger partial charge in [-0.25, -0.2) is 4.98 Å². The molecule has 222 valence electrons. The highest BCUT2D eigenvalue weighted by Gasteiger charge is 2.23. The minimum atomic E-state index is 0.824. The average Bonchev–Trinajstić information content (AvgIpc) is 3.72. The van der Waals surface area contributed by atoms with Crippen molar-refractivity contribution in [2.24, 2.45) is 0 Å². The smallest absolute Gasteiger partial charge is 0.147 e. The predicted molar refractivity (Wildman–Crippen MR) is 197 cm³/mol. The molecule has 8 aromatic carbocycles. The van der Waals surface area contributed by atoms with Gasteiger partial charge in [0.25, 0.3) is 0 Å². The van der Waals surface area contributed by atoms with Gasteiger partial charge in [-0.2, -0.15) is 0 Å². The Bertz CT molecular complexity index is 3010. The molecule has 0 aliphatic heterocycles. The lowest BCUT2D eigenvalue weighted by molar-refractivity contribution is 0.658. The standard InChI is InChI=1S/C44H24N2O2/c1-2-12-26-25(11-1)29(37-24-45-41-33-17-5-3-13-27(33)28-14-4-6-18-34(28)42(41)46-37)21-22-32(26)40-43-35(30-15-7-9-19-38(30)47-43)23-36-31-16-8-10-20-39(31)48-44(36)40/h1-24H. The third-order valence-corrected chi connectivity index (χ3v) is 9.91. The van der Waals surface area contributed by atoms with Crippen LogP contribution in [0.2, 0.25) is 0 Å². The van der Waals surface area contributed by atoms with E-state index < -0.39 is 0 Å². The van der Waals surface area contributed by atoms with Gasteiger partial charge < -0.3 is 8.83 Å². The van der Waals surface area contributed by atoms with Crippen molar-refractivity contribution in [1.82, 2.24) is 9.97 Å². The third kappa shape index (κ3) is 3.43.